The molecule has 2 aromatic carbocycles. The van der Waals surface area contributed by atoms with Crippen LogP contribution in [-0.4, -0.2) is 36.8 Å². The van der Waals surface area contributed by atoms with Gasteiger partial charge in [0.1, 0.15) is 11.5 Å². The normalized spacial score (nSPS) is 10.1. The van der Waals surface area contributed by atoms with Crippen molar-refractivity contribution in [2.45, 2.75) is 19.3 Å². The molecule has 2 aromatic rings. The second-order valence-corrected chi connectivity index (χ2v) is 6.27. The topological polar surface area (TPSA) is 102 Å². The summed E-state index contributed by atoms with van der Waals surface area (Å²) in [5.74, 6) is 0.974. The number of nitrogens with two attached hydrogens (primary N) is 1. The summed E-state index contributed by atoms with van der Waals surface area (Å²) >= 11 is 0. The van der Waals surface area contributed by atoms with Gasteiger partial charge >= 0.3 is 6.03 Å². The Bertz CT molecular complexity index is 799. The highest BCUT2D eigenvalue weighted by Crippen LogP contribution is 2.22. The lowest BCUT2D eigenvalue weighted by molar-refractivity contribution is -0.128. The standard InChI is InChI=1S/C20H23N3O4/c1-23(2)19(25)13-15-5-10-17(11-6-15)27-16-8-3-14(4-9-16)7-12-18(24)22-20(21)26/h3-6,8-11H,7,12-13H2,1-2H3,(H3,21,22,24,26). The number of carbonyl (C=O) groups is 3. The number of hydrogen-bond acceptors (Lipinski definition) is 4. The van der Waals surface area contributed by atoms with Crippen LogP contribution >= 0.6 is 0 Å². The Morgan fingerprint density at radius 1 is 0.926 bits per heavy atom. The van der Waals surface area contributed by atoms with Gasteiger partial charge < -0.3 is 15.4 Å². The fourth-order valence-electron chi connectivity index (χ4n) is 2.33. The summed E-state index contributed by atoms with van der Waals surface area (Å²) in [5, 5.41) is 2.03. The minimum Gasteiger partial charge on any atom is -0.457 e. The van der Waals surface area contributed by atoms with Crippen molar-refractivity contribution in [3.05, 3.63) is 59.7 Å². The number of nitrogens with one attached hydrogen (secondary N) is 1. The Hall–Kier alpha value is -3.35. The number of primary amides is 1. The molecule has 0 aliphatic carbocycles. The predicted octanol–water partition coefficient (Wildman–Crippen LogP) is 2.24. The number of imide groups is 1. The molecule has 0 aliphatic rings. The number of ether oxygens (including phenoxy) is 1. The summed E-state index contributed by atoms with van der Waals surface area (Å²) < 4.78 is 5.78. The molecule has 3 N–H and O–H groups in total. The number of hydrogen-bond donors (Lipinski definition) is 2. The van der Waals surface area contributed by atoms with Crippen molar-refractivity contribution < 1.29 is 19.1 Å². The van der Waals surface area contributed by atoms with E-state index in [2.05, 4.69) is 0 Å². The molecule has 0 saturated carbocycles. The molecule has 0 unspecified atom stereocenters. The van der Waals surface area contributed by atoms with Crippen molar-refractivity contribution in [1.82, 2.24) is 10.2 Å². The van der Waals surface area contributed by atoms with E-state index in [0.29, 0.717) is 24.3 Å². The van der Waals surface area contributed by atoms with Crippen molar-refractivity contribution in [1.29, 1.82) is 0 Å². The van der Waals surface area contributed by atoms with E-state index < -0.39 is 11.9 Å². The molecule has 0 spiro atoms. The van der Waals surface area contributed by atoms with E-state index in [1.165, 1.54) is 0 Å². The zero-order valence-corrected chi connectivity index (χ0v) is 15.4. The molecular weight excluding hydrogens is 346 g/mol. The van der Waals surface area contributed by atoms with Gasteiger partial charge in [-0.1, -0.05) is 24.3 Å². The second kappa shape index (κ2) is 9.38. The minimum atomic E-state index is -0.846. The van der Waals surface area contributed by atoms with Crippen LogP contribution in [0.25, 0.3) is 0 Å². The van der Waals surface area contributed by atoms with Crippen molar-refractivity contribution in [2.75, 3.05) is 14.1 Å². The summed E-state index contributed by atoms with van der Waals surface area (Å²) in [6.45, 7) is 0. The first-order chi connectivity index (χ1) is 12.8. The Morgan fingerprint density at radius 3 is 1.93 bits per heavy atom. The number of rotatable bonds is 7. The molecule has 0 aromatic heterocycles. The molecular formula is C20H23N3O4. The van der Waals surface area contributed by atoms with Gasteiger partial charge in [0.2, 0.25) is 11.8 Å². The maximum atomic E-state index is 11.7. The molecule has 7 nitrogen and oxygen atoms in total. The van der Waals surface area contributed by atoms with E-state index in [1.54, 1.807) is 19.0 Å². The lowest BCUT2D eigenvalue weighted by Crippen LogP contribution is -2.35. The molecule has 0 fully saturated rings. The summed E-state index contributed by atoms with van der Waals surface area (Å²) in [7, 11) is 3.46. The average Bonchev–Trinajstić information content (AvgIpc) is 2.62. The highest BCUT2D eigenvalue weighted by atomic mass is 16.5. The fraction of sp³-hybridized carbons (Fsp3) is 0.250. The molecule has 0 atom stereocenters. The molecule has 2 rings (SSSR count). The van der Waals surface area contributed by atoms with Gasteiger partial charge in [0.15, 0.2) is 0 Å². The molecule has 0 heterocycles. The first-order valence-corrected chi connectivity index (χ1v) is 8.48. The lowest BCUT2D eigenvalue weighted by Gasteiger charge is -2.11. The summed E-state index contributed by atoms with van der Waals surface area (Å²) in [5.41, 5.74) is 6.76. The van der Waals surface area contributed by atoms with E-state index in [-0.39, 0.29) is 12.3 Å². The smallest absolute Gasteiger partial charge is 0.318 e. The number of urea groups is 1. The van der Waals surface area contributed by atoms with Gasteiger partial charge in [-0.3, -0.25) is 14.9 Å². The zero-order valence-electron chi connectivity index (χ0n) is 15.4. The fourth-order valence-corrected chi connectivity index (χ4v) is 2.33. The zero-order chi connectivity index (χ0) is 19.8. The van der Waals surface area contributed by atoms with Crippen molar-refractivity contribution in [3.8, 4) is 11.5 Å². The number of carbonyl (C=O) groups excluding carboxylic acids is 3. The molecule has 0 saturated heterocycles. The number of likely N-dealkylation sites (N-methyl/N-ethyl adjacent to an activating group) is 1. The van der Waals surface area contributed by atoms with Gasteiger partial charge in [0.05, 0.1) is 6.42 Å². The van der Waals surface area contributed by atoms with Crippen molar-refractivity contribution in [3.63, 3.8) is 0 Å². The van der Waals surface area contributed by atoms with Crippen LogP contribution in [0.4, 0.5) is 4.79 Å². The molecule has 7 heteroatoms. The quantitative estimate of drug-likeness (QED) is 0.781. The van der Waals surface area contributed by atoms with E-state index in [4.69, 9.17) is 10.5 Å². The Morgan fingerprint density at radius 2 is 1.44 bits per heavy atom. The Balaban J connectivity index is 1.88. The lowest BCUT2D eigenvalue weighted by atomic mass is 10.1. The molecule has 27 heavy (non-hydrogen) atoms. The highest BCUT2D eigenvalue weighted by Gasteiger charge is 2.07. The SMILES string of the molecule is CN(C)C(=O)Cc1ccc(Oc2ccc(CCC(=O)NC(N)=O)cc2)cc1. The molecule has 0 radical (unpaired) electrons. The summed E-state index contributed by atoms with van der Waals surface area (Å²) in [6.07, 6.45) is 1.02. The molecule has 142 valence electrons. The Labute approximate surface area is 158 Å². The van der Waals surface area contributed by atoms with E-state index >= 15 is 0 Å². The van der Waals surface area contributed by atoms with Gasteiger partial charge in [-0.2, -0.15) is 0 Å². The van der Waals surface area contributed by atoms with Crippen LogP contribution in [0, 0.1) is 0 Å². The van der Waals surface area contributed by atoms with Crippen molar-refractivity contribution in [2.24, 2.45) is 5.73 Å². The average molecular weight is 369 g/mol. The van der Waals surface area contributed by atoms with E-state index in [1.807, 2.05) is 53.8 Å². The van der Waals surface area contributed by atoms with Crippen LogP contribution in [0.15, 0.2) is 48.5 Å². The largest absolute Gasteiger partial charge is 0.457 e. The van der Waals surface area contributed by atoms with Gasteiger partial charge in [0, 0.05) is 20.5 Å². The van der Waals surface area contributed by atoms with Gasteiger partial charge in [-0.05, 0) is 41.8 Å². The van der Waals surface area contributed by atoms with Gasteiger partial charge in [-0.15, -0.1) is 0 Å². The van der Waals surface area contributed by atoms with Gasteiger partial charge in [-0.25, -0.2) is 4.79 Å². The summed E-state index contributed by atoms with van der Waals surface area (Å²) in [4.78, 5) is 35.3. The van der Waals surface area contributed by atoms with Crippen LogP contribution in [0.1, 0.15) is 17.5 Å². The van der Waals surface area contributed by atoms with E-state index in [9.17, 15) is 14.4 Å². The third-order valence-electron chi connectivity index (χ3n) is 3.84. The first-order valence-electron chi connectivity index (χ1n) is 8.48. The van der Waals surface area contributed by atoms with Crippen LogP contribution < -0.4 is 15.8 Å². The minimum absolute atomic E-state index is 0.0452. The number of benzene rings is 2. The first kappa shape index (κ1) is 20.0. The van der Waals surface area contributed by atoms with Crippen LogP contribution in [0.2, 0.25) is 0 Å². The van der Waals surface area contributed by atoms with Crippen molar-refractivity contribution >= 4 is 17.8 Å². The summed E-state index contributed by atoms with van der Waals surface area (Å²) in [6, 6.07) is 13.9. The van der Waals surface area contributed by atoms with Crippen LogP contribution in [-0.2, 0) is 22.4 Å². The Kier molecular flexibility index (Phi) is 6.93. The van der Waals surface area contributed by atoms with Crippen LogP contribution in [0.5, 0.6) is 11.5 Å². The molecule has 0 bridgehead atoms. The second-order valence-electron chi connectivity index (χ2n) is 6.27. The van der Waals surface area contributed by atoms with E-state index in [0.717, 1.165) is 11.1 Å². The van der Waals surface area contributed by atoms with Gasteiger partial charge in [0.25, 0.3) is 0 Å². The number of amides is 4. The monoisotopic (exact) mass is 369 g/mol. The molecule has 0 aliphatic heterocycles. The molecule has 4 amide bonds. The van der Waals surface area contributed by atoms with Crippen LogP contribution in [0.3, 0.4) is 0 Å². The number of aryl methyl sites for hydroxylation is 1. The third kappa shape index (κ3) is 6.81. The third-order valence-corrected chi connectivity index (χ3v) is 3.84. The maximum Gasteiger partial charge on any atom is 0.318 e. The highest BCUT2D eigenvalue weighted by molar-refractivity contribution is 5.93. The predicted molar refractivity (Wildman–Crippen MR) is 101 cm³/mol. The maximum absolute atomic E-state index is 11.7. The number of nitrogens with zero attached hydrogens (tertiary/aromatic N) is 1.